The number of likely N-dealkylation sites (N-methyl/N-ethyl adjacent to an activating group) is 1. The molecular weight excluding hydrogens is 678 g/mol. The van der Waals surface area contributed by atoms with Crippen LogP contribution >= 0.6 is 0 Å². The Morgan fingerprint density at radius 2 is 1.50 bits per heavy atom. The van der Waals surface area contributed by atoms with Gasteiger partial charge in [-0.25, -0.2) is 0 Å². The van der Waals surface area contributed by atoms with Gasteiger partial charge in [0.25, 0.3) is 0 Å². The molecule has 0 spiro atoms. The number of rotatable bonds is 8. The molecule has 0 aliphatic carbocycles. The van der Waals surface area contributed by atoms with Crippen molar-refractivity contribution >= 4 is 11.8 Å². The standard InChI is InChI=1S/C38H69NO13/c1-14-26-38(46,15-2)31(42)21(5)28(40)19(3)17-36(9,45)33(52-35-29(41)25(39(11)12)16-20(4)48-35)22(6)30(23(7)34(44)50-26)51-27-18-37(10,47-13)32(43)24(8)49-27/h19-27,29-33,35,41-43,45-46H,14-18H2,1-13H3/t19-,20-,21+,22+,23-,24+,25+,26-,27?,29-,30+,31-,32+,33-,35?,36-,37-,38-/m1/s1. The molecule has 3 heterocycles. The van der Waals surface area contributed by atoms with Crippen LogP contribution in [0.1, 0.15) is 101 Å². The number of aliphatic hydroxyl groups excluding tert-OH is 3. The van der Waals surface area contributed by atoms with E-state index in [0.29, 0.717) is 6.42 Å². The Morgan fingerprint density at radius 1 is 0.885 bits per heavy atom. The smallest absolute Gasteiger partial charge is 0.311 e. The van der Waals surface area contributed by atoms with Crippen molar-refractivity contribution in [2.45, 2.75) is 186 Å². The van der Waals surface area contributed by atoms with Crippen LogP contribution in [0.15, 0.2) is 0 Å². The van der Waals surface area contributed by atoms with E-state index in [1.54, 1.807) is 48.5 Å². The van der Waals surface area contributed by atoms with Gasteiger partial charge in [-0.3, -0.25) is 9.59 Å². The Bertz CT molecular complexity index is 1190. The van der Waals surface area contributed by atoms with Crippen molar-refractivity contribution in [1.82, 2.24) is 4.90 Å². The van der Waals surface area contributed by atoms with Gasteiger partial charge in [-0.15, -0.1) is 0 Å². The molecule has 0 bridgehead atoms. The van der Waals surface area contributed by atoms with Gasteiger partial charge in [0.05, 0.1) is 47.6 Å². The maximum atomic E-state index is 14.2. The van der Waals surface area contributed by atoms with E-state index in [1.807, 2.05) is 25.9 Å². The monoisotopic (exact) mass is 747 g/mol. The number of aliphatic hydroxyl groups is 5. The van der Waals surface area contributed by atoms with E-state index < -0.39 is 108 Å². The van der Waals surface area contributed by atoms with Gasteiger partial charge in [0.15, 0.2) is 12.6 Å². The van der Waals surface area contributed by atoms with Crippen molar-refractivity contribution in [3.05, 3.63) is 0 Å². The molecule has 0 aromatic heterocycles. The van der Waals surface area contributed by atoms with Crippen molar-refractivity contribution in [3.63, 3.8) is 0 Å². The lowest BCUT2D eigenvalue weighted by molar-refractivity contribution is -0.318. The lowest BCUT2D eigenvalue weighted by atomic mass is 9.73. The van der Waals surface area contributed by atoms with E-state index in [1.165, 1.54) is 21.0 Å². The van der Waals surface area contributed by atoms with Crippen LogP contribution < -0.4 is 0 Å². The van der Waals surface area contributed by atoms with Crippen LogP contribution in [-0.4, -0.2) is 148 Å². The van der Waals surface area contributed by atoms with Gasteiger partial charge in [0.2, 0.25) is 0 Å². The number of carbonyl (C=O) groups is 2. The zero-order chi connectivity index (χ0) is 39.7. The molecule has 2 unspecified atom stereocenters. The van der Waals surface area contributed by atoms with E-state index >= 15 is 0 Å². The molecule has 0 amide bonds. The lowest BCUT2D eigenvalue weighted by Gasteiger charge is -2.49. The number of ketones is 1. The SMILES string of the molecule is CC[C@H]1OC(=O)[C@H](C)[C@@H](OC2C[C@@](C)(OC)[C@@H](O)[C@H](C)O2)[C@H](C)[C@@H](OC2O[C@H](C)C[C@H](N(C)C)[C@H]2O)[C@](C)(O)C[C@@H](C)C(=O)[C@H](C)[C@@H](O)[C@@]1(O)CC. The molecule has 14 nitrogen and oxygen atoms in total. The largest absolute Gasteiger partial charge is 0.459 e. The highest BCUT2D eigenvalue weighted by molar-refractivity contribution is 5.83. The molecule has 0 saturated carbocycles. The first-order valence-corrected chi connectivity index (χ1v) is 19.1. The highest BCUT2D eigenvalue weighted by atomic mass is 16.7. The first-order valence-electron chi connectivity index (χ1n) is 19.1. The Balaban J connectivity index is 2.20. The normalized spacial score (nSPS) is 49.0. The molecule has 3 fully saturated rings. The average Bonchev–Trinajstić information content (AvgIpc) is 3.08. The van der Waals surface area contributed by atoms with Crippen molar-refractivity contribution in [3.8, 4) is 0 Å². The van der Waals surface area contributed by atoms with Crippen LogP contribution in [0.2, 0.25) is 0 Å². The third-order valence-electron chi connectivity index (χ3n) is 12.2. The number of ether oxygens (including phenoxy) is 6. The van der Waals surface area contributed by atoms with E-state index in [4.69, 9.17) is 28.4 Å². The van der Waals surface area contributed by atoms with Gasteiger partial charge < -0.3 is 58.9 Å². The molecule has 3 aliphatic rings. The van der Waals surface area contributed by atoms with Crippen molar-refractivity contribution in [1.29, 1.82) is 0 Å². The number of carbonyl (C=O) groups excluding carboxylic acids is 2. The van der Waals surface area contributed by atoms with Crippen LogP contribution in [0.5, 0.6) is 0 Å². The Labute approximate surface area is 310 Å². The summed E-state index contributed by atoms with van der Waals surface area (Å²) in [5, 5.41) is 58.2. The van der Waals surface area contributed by atoms with Crippen molar-refractivity contribution in [2.75, 3.05) is 21.2 Å². The number of Topliss-reactive ketones (excluding diaryl/α,β-unsaturated/α-hetero) is 1. The molecule has 52 heavy (non-hydrogen) atoms. The predicted molar refractivity (Wildman–Crippen MR) is 191 cm³/mol. The first kappa shape index (κ1) is 45.1. The number of nitrogens with zero attached hydrogens (tertiary/aromatic N) is 1. The summed E-state index contributed by atoms with van der Waals surface area (Å²) in [7, 11) is 5.18. The van der Waals surface area contributed by atoms with Crippen LogP contribution in [0.4, 0.5) is 0 Å². The minimum absolute atomic E-state index is 0.00783. The molecule has 0 aromatic rings. The van der Waals surface area contributed by atoms with Gasteiger partial charge in [-0.2, -0.15) is 0 Å². The topological polar surface area (TPSA) is 194 Å². The Hall–Kier alpha value is -1.30. The number of hydrogen-bond donors (Lipinski definition) is 5. The summed E-state index contributed by atoms with van der Waals surface area (Å²) in [4.78, 5) is 30.0. The minimum Gasteiger partial charge on any atom is -0.459 e. The molecule has 3 aliphatic heterocycles. The molecule has 304 valence electrons. The molecule has 0 aromatic carbocycles. The van der Waals surface area contributed by atoms with Crippen LogP contribution in [0.3, 0.4) is 0 Å². The fourth-order valence-electron chi connectivity index (χ4n) is 8.70. The molecule has 3 saturated heterocycles. The molecular formula is C38H69NO13. The predicted octanol–water partition coefficient (Wildman–Crippen LogP) is 2.18. The Kier molecular flexibility index (Phi) is 15.3. The third kappa shape index (κ3) is 9.38. The zero-order valence-electron chi connectivity index (χ0n) is 33.6. The highest BCUT2D eigenvalue weighted by Gasteiger charge is 2.54. The summed E-state index contributed by atoms with van der Waals surface area (Å²) in [6.45, 7) is 16.7. The third-order valence-corrected chi connectivity index (χ3v) is 12.2. The molecule has 0 radical (unpaired) electrons. The van der Waals surface area contributed by atoms with Crippen LogP contribution in [-0.2, 0) is 38.0 Å². The summed E-state index contributed by atoms with van der Waals surface area (Å²) >= 11 is 0. The second-order valence-corrected chi connectivity index (χ2v) is 16.6. The lowest BCUT2D eigenvalue weighted by Crippen LogP contribution is -2.61. The average molecular weight is 748 g/mol. The number of esters is 1. The van der Waals surface area contributed by atoms with Gasteiger partial charge in [0.1, 0.15) is 29.7 Å². The Morgan fingerprint density at radius 3 is 2.04 bits per heavy atom. The summed E-state index contributed by atoms with van der Waals surface area (Å²) in [6, 6.07) is -0.324. The van der Waals surface area contributed by atoms with Gasteiger partial charge in [-0.05, 0) is 74.4 Å². The van der Waals surface area contributed by atoms with E-state index in [2.05, 4.69) is 0 Å². The minimum atomic E-state index is -1.95. The molecule has 14 heteroatoms. The van der Waals surface area contributed by atoms with E-state index in [9.17, 15) is 35.1 Å². The second kappa shape index (κ2) is 17.7. The van der Waals surface area contributed by atoms with Gasteiger partial charge >= 0.3 is 5.97 Å². The fraction of sp³-hybridized carbons (Fsp3) is 0.947. The van der Waals surface area contributed by atoms with Gasteiger partial charge in [-0.1, -0.05) is 34.6 Å². The van der Waals surface area contributed by atoms with Crippen molar-refractivity contribution in [2.24, 2.45) is 23.7 Å². The summed E-state index contributed by atoms with van der Waals surface area (Å²) < 4.78 is 37.2. The van der Waals surface area contributed by atoms with E-state index in [-0.39, 0.29) is 37.8 Å². The van der Waals surface area contributed by atoms with Crippen molar-refractivity contribution < 1.29 is 63.5 Å². The van der Waals surface area contributed by atoms with E-state index in [0.717, 1.165) is 0 Å². The zero-order valence-corrected chi connectivity index (χ0v) is 33.6. The maximum Gasteiger partial charge on any atom is 0.311 e. The number of cyclic esters (lactones) is 1. The highest BCUT2D eigenvalue weighted by Crippen LogP contribution is 2.41. The van der Waals surface area contributed by atoms with Crippen LogP contribution in [0, 0.1) is 23.7 Å². The maximum absolute atomic E-state index is 14.2. The second-order valence-electron chi connectivity index (χ2n) is 16.6. The number of methoxy groups -OCH3 is 1. The first-order chi connectivity index (χ1) is 24.0. The fourth-order valence-corrected chi connectivity index (χ4v) is 8.70. The summed E-state index contributed by atoms with van der Waals surface area (Å²) in [6.07, 6.45) is -9.68. The van der Waals surface area contributed by atoms with Crippen LogP contribution in [0.25, 0.3) is 0 Å². The molecule has 5 N–H and O–H groups in total. The summed E-state index contributed by atoms with van der Waals surface area (Å²) in [5.74, 6) is -4.95. The molecule has 18 atom stereocenters. The number of hydrogen-bond acceptors (Lipinski definition) is 14. The summed E-state index contributed by atoms with van der Waals surface area (Å²) in [5.41, 5.74) is -4.80. The van der Waals surface area contributed by atoms with Gasteiger partial charge in [0, 0.05) is 37.3 Å². The quantitative estimate of drug-likeness (QED) is 0.227. The molecule has 3 rings (SSSR count).